The van der Waals surface area contributed by atoms with Gasteiger partial charge >= 0.3 is 0 Å². The molecule has 0 unspecified atom stereocenters. The molecule has 0 aliphatic carbocycles. The zero-order valence-electron chi connectivity index (χ0n) is 9.61. The molecule has 0 aliphatic heterocycles. The summed E-state index contributed by atoms with van der Waals surface area (Å²) in [6.07, 6.45) is 4.42. The van der Waals surface area contributed by atoms with Crippen LogP contribution in [0, 0.1) is 6.92 Å². The molecule has 0 spiro atoms. The van der Waals surface area contributed by atoms with E-state index in [9.17, 15) is 0 Å². The molecule has 18 heavy (non-hydrogen) atoms. The van der Waals surface area contributed by atoms with Gasteiger partial charge in [0.15, 0.2) is 11.6 Å². The maximum absolute atomic E-state index is 8.48. The highest BCUT2D eigenvalue weighted by molar-refractivity contribution is 5.94. The van der Waals surface area contributed by atoms with Crippen LogP contribution in [0.3, 0.4) is 0 Å². The third-order valence-corrected chi connectivity index (χ3v) is 2.17. The van der Waals surface area contributed by atoms with Gasteiger partial charge in [-0.25, -0.2) is 9.97 Å². The van der Waals surface area contributed by atoms with E-state index in [2.05, 4.69) is 20.1 Å². The number of amidine groups is 1. The average Bonchev–Trinajstić information content (AvgIpc) is 2.41. The monoisotopic (exact) mass is 245 g/mol. The fourth-order valence-electron chi connectivity index (χ4n) is 1.24. The van der Waals surface area contributed by atoms with Crippen LogP contribution < -0.4 is 10.5 Å². The summed E-state index contributed by atoms with van der Waals surface area (Å²) in [4.78, 5) is 12.0. The van der Waals surface area contributed by atoms with Crippen LogP contribution in [0.5, 0.6) is 11.6 Å². The van der Waals surface area contributed by atoms with Crippen molar-refractivity contribution in [1.29, 1.82) is 0 Å². The van der Waals surface area contributed by atoms with Gasteiger partial charge in [0, 0.05) is 6.20 Å². The summed E-state index contributed by atoms with van der Waals surface area (Å²) < 4.78 is 5.50. The van der Waals surface area contributed by atoms with E-state index in [-0.39, 0.29) is 11.5 Å². The minimum absolute atomic E-state index is 0.105. The third kappa shape index (κ3) is 2.51. The van der Waals surface area contributed by atoms with E-state index in [0.717, 1.165) is 5.69 Å². The molecule has 7 heteroatoms. The zero-order chi connectivity index (χ0) is 13.0. The molecular weight excluding hydrogens is 234 g/mol. The van der Waals surface area contributed by atoms with Gasteiger partial charge in [0.2, 0.25) is 5.88 Å². The Morgan fingerprint density at radius 2 is 2.17 bits per heavy atom. The minimum Gasteiger partial charge on any atom is -0.436 e. The van der Waals surface area contributed by atoms with Gasteiger partial charge in [-0.15, -0.1) is 0 Å². The minimum atomic E-state index is -0.105. The molecule has 0 saturated carbocycles. The average molecular weight is 245 g/mol. The Kier molecular flexibility index (Phi) is 3.33. The molecule has 0 radical (unpaired) electrons. The van der Waals surface area contributed by atoms with Crippen LogP contribution in [0.4, 0.5) is 0 Å². The van der Waals surface area contributed by atoms with E-state index in [4.69, 9.17) is 15.7 Å². The fraction of sp³-hybridized carbons (Fsp3) is 0.0909. The first-order valence-electron chi connectivity index (χ1n) is 5.10. The summed E-state index contributed by atoms with van der Waals surface area (Å²) in [5.41, 5.74) is 6.39. The lowest BCUT2D eigenvalue weighted by Gasteiger charge is -2.06. The van der Waals surface area contributed by atoms with Gasteiger partial charge < -0.3 is 15.7 Å². The third-order valence-electron chi connectivity index (χ3n) is 2.17. The van der Waals surface area contributed by atoms with Crippen LogP contribution in [-0.4, -0.2) is 26.0 Å². The molecule has 7 nitrogen and oxygen atoms in total. The fourth-order valence-corrected chi connectivity index (χ4v) is 1.24. The molecule has 0 aliphatic rings. The van der Waals surface area contributed by atoms with Crippen molar-refractivity contribution in [2.24, 2.45) is 10.9 Å². The number of ether oxygens (including phenoxy) is 1. The molecule has 3 N–H and O–H groups in total. The van der Waals surface area contributed by atoms with Crippen molar-refractivity contribution >= 4 is 5.84 Å². The molecule has 2 aromatic rings. The standard InChI is InChI=1S/C11H11N5O2/c1-7-9(3-2-4-13-7)18-10-6-14-8(5-15-10)11(12)16-17/h2-6,17H,1H3,(H2,12,16). The predicted molar refractivity (Wildman–Crippen MR) is 63.6 cm³/mol. The van der Waals surface area contributed by atoms with Gasteiger partial charge in [0.25, 0.3) is 0 Å². The zero-order valence-corrected chi connectivity index (χ0v) is 9.61. The lowest BCUT2D eigenvalue weighted by Crippen LogP contribution is -2.15. The number of aromatic nitrogens is 3. The Morgan fingerprint density at radius 1 is 1.33 bits per heavy atom. The van der Waals surface area contributed by atoms with Gasteiger partial charge in [-0.1, -0.05) is 5.16 Å². The van der Waals surface area contributed by atoms with Crippen LogP contribution in [0.25, 0.3) is 0 Å². The normalized spacial score (nSPS) is 11.3. The van der Waals surface area contributed by atoms with Crippen LogP contribution >= 0.6 is 0 Å². The van der Waals surface area contributed by atoms with Crippen molar-refractivity contribution in [2.75, 3.05) is 0 Å². The van der Waals surface area contributed by atoms with Gasteiger partial charge in [-0.05, 0) is 19.1 Å². The topological polar surface area (TPSA) is 107 Å². The Labute approximate surface area is 103 Å². The summed E-state index contributed by atoms with van der Waals surface area (Å²) >= 11 is 0. The van der Waals surface area contributed by atoms with Crippen molar-refractivity contribution in [3.05, 3.63) is 42.1 Å². The highest BCUT2D eigenvalue weighted by atomic mass is 16.5. The summed E-state index contributed by atoms with van der Waals surface area (Å²) in [6, 6.07) is 3.54. The summed E-state index contributed by atoms with van der Waals surface area (Å²) in [5.74, 6) is 0.801. The number of nitrogens with two attached hydrogens (primary N) is 1. The number of rotatable bonds is 3. The maximum atomic E-state index is 8.48. The number of aryl methyl sites for hydroxylation is 1. The molecule has 92 valence electrons. The molecule has 0 amide bonds. The van der Waals surface area contributed by atoms with Gasteiger partial charge in [0.1, 0.15) is 5.69 Å². The second-order valence-electron chi connectivity index (χ2n) is 3.41. The molecule has 0 fully saturated rings. The lowest BCUT2D eigenvalue weighted by molar-refractivity contribution is 0.318. The second kappa shape index (κ2) is 5.09. The Bertz CT molecular complexity index is 568. The highest BCUT2D eigenvalue weighted by Crippen LogP contribution is 2.20. The van der Waals surface area contributed by atoms with Crippen molar-refractivity contribution in [3.8, 4) is 11.6 Å². The van der Waals surface area contributed by atoms with E-state index >= 15 is 0 Å². The van der Waals surface area contributed by atoms with E-state index in [1.165, 1.54) is 12.4 Å². The highest BCUT2D eigenvalue weighted by Gasteiger charge is 2.05. The van der Waals surface area contributed by atoms with Crippen molar-refractivity contribution in [2.45, 2.75) is 6.92 Å². The van der Waals surface area contributed by atoms with Crippen LogP contribution in [-0.2, 0) is 0 Å². The second-order valence-corrected chi connectivity index (χ2v) is 3.41. The lowest BCUT2D eigenvalue weighted by atomic mass is 10.3. The SMILES string of the molecule is Cc1ncccc1Oc1cnc(C(N)=NO)cn1. The predicted octanol–water partition coefficient (Wildman–Crippen LogP) is 1.07. The van der Waals surface area contributed by atoms with E-state index in [0.29, 0.717) is 11.6 Å². The van der Waals surface area contributed by atoms with Crippen LogP contribution in [0.15, 0.2) is 35.9 Å². The van der Waals surface area contributed by atoms with E-state index in [1.54, 1.807) is 18.3 Å². The van der Waals surface area contributed by atoms with E-state index < -0.39 is 0 Å². The molecule has 2 heterocycles. The van der Waals surface area contributed by atoms with Crippen molar-refractivity contribution < 1.29 is 9.94 Å². The number of hydrogen-bond donors (Lipinski definition) is 2. The van der Waals surface area contributed by atoms with Crippen molar-refractivity contribution in [3.63, 3.8) is 0 Å². The maximum Gasteiger partial charge on any atom is 0.237 e. The van der Waals surface area contributed by atoms with Gasteiger partial charge in [-0.3, -0.25) is 4.98 Å². The van der Waals surface area contributed by atoms with Gasteiger partial charge in [0.05, 0.1) is 18.1 Å². The van der Waals surface area contributed by atoms with Crippen molar-refractivity contribution in [1.82, 2.24) is 15.0 Å². The quantitative estimate of drug-likeness (QED) is 0.362. The van der Waals surface area contributed by atoms with Crippen LogP contribution in [0.1, 0.15) is 11.4 Å². The first-order valence-corrected chi connectivity index (χ1v) is 5.10. The Morgan fingerprint density at radius 3 is 2.78 bits per heavy atom. The first kappa shape index (κ1) is 11.8. The smallest absolute Gasteiger partial charge is 0.237 e. The Balaban J connectivity index is 2.19. The first-order chi connectivity index (χ1) is 8.70. The summed E-state index contributed by atoms with van der Waals surface area (Å²) in [7, 11) is 0. The molecule has 0 atom stereocenters. The Hall–Kier alpha value is -2.70. The number of oxime groups is 1. The molecule has 0 bridgehead atoms. The summed E-state index contributed by atoms with van der Waals surface area (Å²) in [5, 5.41) is 11.3. The molecule has 0 saturated heterocycles. The number of nitrogens with zero attached hydrogens (tertiary/aromatic N) is 4. The molecule has 2 rings (SSSR count). The number of pyridine rings is 1. The molecule has 0 aromatic carbocycles. The number of hydrogen-bond acceptors (Lipinski definition) is 6. The largest absolute Gasteiger partial charge is 0.436 e. The van der Waals surface area contributed by atoms with E-state index in [1.807, 2.05) is 6.92 Å². The summed E-state index contributed by atoms with van der Waals surface area (Å²) in [6.45, 7) is 1.83. The molecular formula is C11H11N5O2. The molecule has 2 aromatic heterocycles. The van der Waals surface area contributed by atoms with Gasteiger partial charge in [-0.2, -0.15) is 0 Å². The van der Waals surface area contributed by atoms with Crippen LogP contribution in [0.2, 0.25) is 0 Å².